The summed E-state index contributed by atoms with van der Waals surface area (Å²) in [6.07, 6.45) is 5.05. The molecule has 0 saturated heterocycles. The Labute approximate surface area is 207 Å². The highest BCUT2D eigenvalue weighted by molar-refractivity contribution is 7.98. The zero-order valence-corrected chi connectivity index (χ0v) is 22.3. The molecule has 3 amide bonds. The Morgan fingerprint density at radius 3 is 2.15 bits per heavy atom. The molecule has 1 saturated carbocycles. The molecule has 196 valence electrons. The lowest BCUT2D eigenvalue weighted by molar-refractivity contribution is -0.142. The highest BCUT2D eigenvalue weighted by atomic mass is 32.2. The number of carboxylic acid groups (broad SMARTS) is 1. The van der Waals surface area contributed by atoms with Crippen LogP contribution in [0.3, 0.4) is 0 Å². The highest BCUT2D eigenvalue weighted by Crippen LogP contribution is 2.28. The molecule has 4 N–H and O–H groups in total. The van der Waals surface area contributed by atoms with Gasteiger partial charge in [0.1, 0.15) is 17.7 Å². The molecular weight excluding hydrogens is 458 g/mol. The van der Waals surface area contributed by atoms with Crippen LogP contribution in [0.15, 0.2) is 0 Å². The Bertz CT molecular complexity index is 687. The standard InChI is InChI=1S/C24H43N3O6S/c1-15(2)13-19(27-23(32)33-24(3,4)5)21(29)25-14-16-7-9-17(10-8-16)20(28)26-18(22(30)31)11-12-34-6/h15-19H,7-14H2,1-6H3,(H,25,29)(H,26,28)(H,27,32)(H,30,31). The minimum Gasteiger partial charge on any atom is -0.480 e. The molecule has 0 aromatic carbocycles. The summed E-state index contributed by atoms with van der Waals surface area (Å²) in [7, 11) is 0. The summed E-state index contributed by atoms with van der Waals surface area (Å²) in [5, 5.41) is 17.6. The van der Waals surface area contributed by atoms with Gasteiger partial charge in [0.15, 0.2) is 0 Å². The van der Waals surface area contributed by atoms with Crippen LogP contribution in [-0.2, 0) is 19.1 Å². The summed E-state index contributed by atoms with van der Waals surface area (Å²) in [4.78, 5) is 48.8. The van der Waals surface area contributed by atoms with Gasteiger partial charge in [0.2, 0.25) is 11.8 Å². The van der Waals surface area contributed by atoms with Crippen molar-refractivity contribution in [2.45, 2.75) is 90.8 Å². The van der Waals surface area contributed by atoms with Crippen LogP contribution in [0.25, 0.3) is 0 Å². The predicted molar refractivity (Wildman–Crippen MR) is 134 cm³/mol. The fourth-order valence-corrected chi connectivity index (χ4v) is 4.40. The molecule has 34 heavy (non-hydrogen) atoms. The van der Waals surface area contributed by atoms with E-state index in [4.69, 9.17) is 4.74 Å². The second-order valence-electron chi connectivity index (χ2n) is 10.5. The highest BCUT2D eigenvalue weighted by Gasteiger charge is 2.30. The monoisotopic (exact) mass is 501 g/mol. The van der Waals surface area contributed by atoms with E-state index in [0.29, 0.717) is 38.0 Å². The van der Waals surface area contributed by atoms with Crippen molar-refractivity contribution in [2.75, 3.05) is 18.6 Å². The fourth-order valence-electron chi connectivity index (χ4n) is 3.93. The molecule has 10 heteroatoms. The third kappa shape index (κ3) is 11.9. The number of nitrogens with one attached hydrogen (secondary N) is 3. The molecule has 0 aromatic heterocycles. The average molecular weight is 502 g/mol. The van der Waals surface area contributed by atoms with Crippen molar-refractivity contribution >= 4 is 35.6 Å². The maximum Gasteiger partial charge on any atom is 0.408 e. The first-order chi connectivity index (χ1) is 15.8. The van der Waals surface area contributed by atoms with Crippen molar-refractivity contribution in [2.24, 2.45) is 17.8 Å². The van der Waals surface area contributed by atoms with E-state index >= 15 is 0 Å². The zero-order valence-electron chi connectivity index (χ0n) is 21.4. The van der Waals surface area contributed by atoms with E-state index in [-0.39, 0.29) is 29.6 Å². The van der Waals surface area contributed by atoms with Crippen molar-refractivity contribution in [3.63, 3.8) is 0 Å². The molecule has 0 spiro atoms. The normalized spacial score (nSPS) is 20.2. The zero-order chi connectivity index (χ0) is 25.9. The first kappa shape index (κ1) is 30.1. The van der Waals surface area contributed by atoms with Gasteiger partial charge in [-0.2, -0.15) is 11.8 Å². The Hall–Kier alpha value is -1.97. The lowest BCUT2D eigenvalue weighted by Gasteiger charge is -2.29. The molecule has 0 radical (unpaired) electrons. The summed E-state index contributed by atoms with van der Waals surface area (Å²) < 4.78 is 5.29. The van der Waals surface area contributed by atoms with Crippen molar-refractivity contribution in [3.8, 4) is 0 Å². The van der Waals surface area contributed by atoms with Crippen molar-refractivity contribution < 1.29 is 29.0 Å². The van der Waals surface area contributed by atoms with E-state index in [9.17, 15) is 24.3 Å². The van der Waals surface area contributed by atoms with Gasteiger partial charge in [0.05, 0.1) is 0 Å². The lowest BCUT2D eigenvalue weighted by Crippen LogP contribution is -2.49. The molecule has 0 heterocycles. The lowest BCUT2D eigenvalue weighted by atomic mass is 9.81. The van der Waals surface area contributed by atoms with Crippen LogP contribution < -0.4 is 16.0 Å². The Kier molecular flexibility index (Phi) is 12.8. The van der Waals surface area contributed by atoms with Crippen LogP contribution >= 0.6 is 11.8 Å². The summed E-state index contributed by atoms with van der Waals surface area (Å²) in [5.74, 6) is -0.525. The second-order valence-corrected chi connectivity index (χ2v) is 11.5. The van der Waals surface area contributed by atoms with Crippen molar-refractivity contribution in [1.82, 2.24) is 16.0 Å². The van der Waals surface area contributed by atoms with Gasteiger partial charge in [0.25, 0.3) is 0 Å². The number of rotatable bonds is 12. The molecule has 0 aliphatic heterocycles. The molecule has 1 aliphatic rings. The summed E-state index contributed by atoms with van der Waals surface area (Å²) in [6.45, 7) is 9.76. The Morgan fingerprint density at radius 2 is 1.65 bits per heavy atom. The Balaban J connectivity index is 2.51. The number of carboxylic acids is 1. The van der Waals surface area contributed by atoms with Gasteiger partial charge in [-0.15, -0.1) is 0 Å². The number of carbonyl (C=O) groups is 4. The van der Waals surface area contributed by atoms with Gasteiger partial charge in [-0.1, -0.05) is 13.8 Å². The third-order valence-electron chi connectivity index (χ3n) is 5.72. The van der Waals surface area contributed by atoms with E-state index < -0.39 is 29.7 Å². The minimum atomic E-state index is -1.00. The van der Waals surface area contributed by atoms with Crippen LogP contribution in [0.5, 0.6) is 0 Å². The number of alkyl carbamates (subject to hydrolysis) is 1. The van der Waals surface area contributed by atoms with Crippen LogP contribution in [0.4, 0.5) is 4.79 Å². The number of aliphatic carboxylic acids is 1. The number of ether oxygens (including phenoxy) is 1. The van der Waals surface area contributed by atoms with E-state index in [0.717, 1.165) is 12.8 Å². The van der Waals surface area contributed by atoms with Crippen LogP contribution in [0.2, 0.25) is 0 Å². The quantitative estimate of drug-likeness (QED) is 0.323. The van der Waals surface area contributed by atoms with Gasteiger partial charge in [-0.05, 0) is 83.1 Å². The number of thioether (sulfide) groups is 1. The number of hydrogen-bond acceptors (Lipinski definition) is 6. The predicted octanol–water partition coefficient (Wildman–Crippen LogP) is 3.17. The van der Waals surface area contributed by atoms with Crippen molar-refractivity contribution in [1.29, 1.82) is 0 Å². The van der Waals surface area contributed by atoms with Crippen LogP contribution in [0.1, 0.15) is 73.1 Å². The largest absolute Gasteiger partial charge is 0.480 e. The van der Waals surface area contributed by atoms with Gasteiger partial charge < -0.3 is 25.8 Å². The molecule has 2 unspecified atom stereocenters. The average Bonchev–Trinajstić information content (AvgIpc) is 2.72. The smallest absolute Gasteiger partial charge is 0.408 e. The number of carbonyl (C=O) groups excluding carboxylic acids is 3. The van der Waals surface area contributed by atoms with Crippen molar-refractivity contribution in [3.05, 3.63) is 0 Å². The third-order valence-corrected chi connectivity index (χ3v) is 6.37. The Morgan fingerprint density at radius 1 is 1.03 bits per heavy atom. The molecule has 0 bridgehead atoms. The van der Waals surface area contributed by atoms with Gasteiger partial charge in [0, 0.05) is 12.5 Å². The van der Waals surface area contributed by atoms with Gasteiger partial charge >= 0.3 is 12.1 Å². The van der Waals surface area contributed by atoms with Gasteiger partial charge in [-0.3, -0.25) is 9.59 Å². The minimum absolute atomic E-state index is 0.199. The molecule has 1 aliphatic carbocycles. The molecule has 1 fully saturated rings. The first-order valence-electron chi connectivity index (χ1n) is 12.1. The molecule has 1 rings (SSSR count). The van der Waals surface area contributed by atoms with E-state index in [1.807, 2.05) is 20.1 Å². The van der Waals surface area contributed by atoms with E-state index in [1.165, 1.54) is 0 Å². The summed E-state index contributed by atoms with van der Waals surface area (Å²) in [5.41, 5.74) is -0.646. The second kappa shape index (κ2) is 14.4. The molecule has 2 atom stereocenters. The van der Waals surface area contributed by atoms with E-state index in [2.05, 4.69) is 16.0 Å². The van der Waals surface area contributed by atoms with Crippen LogP contribution in [-0.4, -0.2) is 65.2 Å². The SMILES string of the molecule is CSCCC(NC(=O)C1CCC(CNC(=O)C(CC(C)C)NC(=O)OC(C)(C)C)CC1)C(=O)O. The summed E-state index contributed by atoms with van der Waals surface area (Å²) >= 11 is 1.55. The first-order valence-corrected chi connectivity index (χ1v) is 13.5. The topological polar surface area (TPSA) is 134 Å². The fraction of sp³-hybridized carbons (Fsp3) is 0.833. The molecule has 9 nitrogen and oxygen atoms in total. The molecule has 0 aromatic rings. The van der Waals surface area contributed by atoms with E-state index in [1.54, 1.807) is 32.5 Å². The maximum absolute atomic E-state index is 12.8. The number of hydrogen-bond donors (Lipinski definition) is 4. The van der Waals surface area contributed by atoms with Crippen LogP contribution in [0, 0.1) is 17.8 Å². The number of amides is 3. The van der Waals surface area contributed by atoms with Gasteiger partial charge in [-0.25, -0.2) is 9.59 Å². The molecular formula is C24H43N3O6S. The maximum atomic E-state index is 12.8. The summed E-state index contributed by atoms with van der Waals surface area (Å²) in [6, 6.07) is -1.53.